The molecule has 2 aromatic rings. The molecule has 0 bridgehead atoms. The van der Waals surface area contributed by atoms with E-state index in [1.165, 1.54) is 17.7 Å². The van der Waals surface area contributed by atoms with Crippen molar-refractivity contribution in [1.82, 2.24) is 0 Å². The minimum absolute atomic E-state index is 0.0895. The SMILES string of the molecule is COc1cc(C=Cc2cc(F)c(CC=C(C)CCC=C(C)C)c(F)c2)cc2c1OC1(C)CCC(O)C(C)(C)C1C2. The van der Waals surface area contributed by atoms with Gasteiger partial charge in [-0.05, 0) is 113 Å². The Morgan fingerprint density at radius 1 is 1.02 bits per heavy atom. The first kappa shape index (κ1) is 30.0. The zero-order chi connectivity index (χ0) is 29.2. The van der Waals surface area contributed by atoms with Crippen LogP contribution < -0.4 is 9.47 Å². The summed E-state index contributed by atoms with van der Waals surface area (Å²) in [5.74, 6) is 0.445. The van der Waals surface area contributed by atoms with Gasteiger partial charge in [-0.1, -0.05) is 49.3 Å². The molecule has 216 valence electrons. The number of hydrogen-bond donors (Lipinski definition) is 1. The van der Waals surface area contributed by atoms with E-state index in [1.54, 1.807) is 13.2 Å². The summed E-state index contributed by atoms with van der Waals surface area (Å²) in [4.78, 5) is 0. The highest BCUT2D eigenvalue weighted by atomic mass is 19.1. The van der Waals surface area contributed by atoms with Crippen LogP contribution in [0.1, 0.15) is 89.5 Å². The third-order valence-electron chi connectivity index (χ3n) is 8.92. The van der Waals surface area contributed by atoms with Crippen LogP contribution in [0, 0.1) is 23.0 Å². The van der Waals surface area contributed by atoms with E-state index >= 15 is 0 Å². The molecule has 0 amide bonds. The highest BCUT2D eigenvalue weighted by Crippen LogP contribution is 2.55. The maximum atomic E-state index is 14.9. The highest BCUT2D eigenvalue weighted by Gasteiger charge is 2.54. The molecule has 0 spiro atoms. The van der Waals surface area contributed by atoms with Crippen LogP contribution in [0.25, 0.3) is 12.2 Å². The van der Waals surface area contributed by atoms with E-state index < -0.39 is 11.6 Å². The lowest BCUT2D eigenvalue weighted by Gasteiger charge is -2.55. The zero-order valence-corrected chi connectivity index (χ0v) is 25.0. The van der Waals surface area contributed by atoms with Gasteiger partial charge in [-0.2, -0.15) is 0 Å². The van der Waals surface area contributed by atoms with Gasteiger partial charge in [0.05, 0.1) is 13.2 Å². The number of methoxy groups -OCH3 is 1. The predicted octanol–water partition coefficient (Wildman–Crippen LogP) is 8.87. The Kier molecular flexibility index (Phi) is 8.94. The Morgan fingerprint density at radius 2 is 1.68 bits per heavy atom. The summed E-state index contributed by atoms with van der Waals surface area (Å²) in [6.07, 6.45) is 11.6. The average molecular weight is 551 g/mol. The number of aliphatic hydroxyl groups excluding tert-OH is 1. The fraction of sp³-hybridized carbons (Fsp3) is 0.486. The van der Waals surface area contributed by atoms with Crippen molar-refractivity contribution >= 4 is 12.2 Å². The Labute approximate surface area is 238 Å². The van der Waals surface area contributed by atoms with Crippen LogP contribution in [-0.2, 0) is 12.8 Å². The summed E-state index contributed by atoms with van der Waals surface area (Å²) in [5.41, 5.74) is 4.14. The fourth-order valence-electron chi connectivity index (χ4n) is 6.31. The first-order chi connectivity index (χ1) is 18.8. The Bertz CT molecular complexity index is 1310. The molecule has 0 radical (unpaired) electrons. The van der Waals surface area contributed by atoms with Gasteiger partial charge < -0.3 is 14.6 Å². The minimum Gasteiger partial charge on any atom is -0.493 e. The van der Waals surface area contributed by atoms with Gasteiger partial charge in [0.15, 0.2) is 11.5 Å². The number of ether oxygens (including phenoxy) is 2. The van der Waals surface area contributed by atoms with Crippen LogP contribution in [0.3, 0.4) is 0 Å². The van der Waals surface area contributed by atoms with Gasteiger partial charge in [0.2, 0.25) is 0 Å². The topological polar surface area (TPSA) is 38.7 Å². The number of allylic oxidation sites excluding steroid dienone is 4. The molecule has 3 unspecified atom stereocenters. The number of fused-ring (bicyclic) bond motifs is 2. The molecule has 1 heterocycles. The molecule has 40 heavy (non-hydrogen) atoms. The van der Waals surface area contributed by atoms with Gasteiger partial charge >= 0.3 is 0 Å². The second kappa shape index (κ2) is 11.9. The Hall–Kier alpha value is -2.92. The lowest BCUT2D eigenvalue weighted by atomic mass is 9.57. The molecule has 1 aliphatic heterocycles. The Balaban J connectivity index is 1.55. The number of hydrogen-bond acceptors (Lipinski definition) is 3. The smallest absolute Gasteiger partial charge is 0.165 e. The van der Waals surface area contributed by atoms with Crippen molar-refractivity contribution in [3.05, 3.63) is 81.5 Å². The maximum absolute atomic E-state index is 14.9. The summed E-state index contributed by atoms with van der Waals surface area (Å²) in [6.45, 7) is 12.5. The monoisotopic (exact) mass is 550 g/mol. The van der Waals surface area contributed by atoms with Crippen molar-refractivity contribution < 1.29 is 23.4 Å². The van der Waals surface area contributed by atoms with Crippen LogP contribution in [0.5, 0.6) is 11.5 Å². The lowest BCUT2D eigenvalue weighted by Crippen LogP contribution is -2.58. The van der Waals surface area contributed by atoms with Gasteiger partial charge in [-0.3, -0.25) is 0 Å². The van der Waals surface area contributed by atoms with Crippen LogP contribution in [0.15, 0.2) is 47.6 Å². The maximum Gasteiger partial charge on any atom is 0.165 e. The van der Waals surface area contributed by atoms with E-state index in [4.69, 9.17) is 9.47 Å². The Morgan fingerprint density at radius 3 is 2.30 bits per heavy atom. The average Bonchev–Trinajstić information content (AvgIpc) is 2.88. The van der Waals surface area contributed by atoms with Gasteiger partial charge in [0, 0.05) is 11.5 Å². The van der Waals surface area contributed by atoms with E-state index in [0.717, 1.165) is 48.1 Å². The molecule has 1 fully saturated rings. The van der Waals surface area contributed by atoms with E-state index in [1.807, 2.05) is 25.1 Å². The summed E-state index contributed by atoms with van der Waals surface area (Å²) in [6, 6.07) is 6.72. The van der Waals surface area contributed by atoms with Crippen molar-refractivity contribution in [3.63, 3.8) is 0 Å². The van der Waals surface area contributed by atoms with Crippen molar-refractivity contribution in [1.29, 1.82) is 0 Å². The molecule has 1 saturated carbocycles. The number of rotatable bonds is 8. The van der Waals surface area contributed by atoms with E-state index in [2.05, 4.69) is 46.8 Å². The summed E-state index contributed by atoms with van der Waals surface area (Å²) in [7, 11) is 1.62. The zero-order valence-electron chi connectivity index (χ0n) is 25.0. The lowest BCUT2D eigenvalue weighted by molar-refractivity contribution is -0.138. The van der Waals surface area contributed by atoms with E-state index in [0.29, 0.717) is 17.7 Å². The highest BCUT2D eigenvalue weighted by molar-refractivity contribution is 5.72. The largest absolute Gasteiger partial charge is 0.493 e. The second-order valence-electron chi connectivity index (χ2n) is 12.6. The molecule has 3 atom stereocenters. The normalized spacial score (nSPS) is 23.8. The molecule has 3 nitrogen and oxygen atoms in total. The van der Waals surface area contributed by atoms with Crippen LogP contribution >= 0.6 is 0 Å². The van der Waals surface area contributed by atoms with Gasteiger partial charge in [-0.15, -0.1) is 0 Å². The van der Waals surface area contributed by atoms with Crippen LogP contribution in [-0.4, -0.2) is 23.9 Å². The summed E-state index contributed by atoms with van der Waals surface area (Å²) < 4.78 is 42.1. The first-order valence-electron chi connectivity index (χ1n) is 14.4. The molecule has 2 aromatic carbocycles. The van der Waals surface area contributed by atoms with Crippen LogP contribution in [0.2, 0.25) is 0 Å². The fourth-order valence-corrected chi connectivity index (χ4v) is 6.31. The third kappa shape index (κ3) is 6.35. The van der Waals surface area contributed by atoms with Crippen molar-refractivity contribution in [2.24, 2.45) is 11.3 Å². The van der Waals surface area contributed by atoms with E-state index in [9.17, 15) is 13.9 Å². The molecule has 0 saturated heterocycles. The predicted molar refractivity (Wildman–Crippen MR) is 160 cm³/mol. The molecule has 0 aromatic heterocycles. The molecular formula is C35H44F2O3. The summed E-state index contributed by atoms with van der Waals surface area (Å²) in [5, 5.41) is 10.7. The first-order valence-corrected chi connectivity index (χ1v) is 14.4. The van der Waals surface area contributed by atoms with Crippen LogP contribution in [0.4, 0.5) is 8.78 Å². The minimum atomic E-state index is -0.540. The number of aliphatic hydroxyl groups is 1. The van der Waals surface area contributed by atoms with Gasteiger partial charge in [0.1, 0.15) is 17.2 Å². The molecular weight excluding hydrogens is 506 g/mol. The van der Waals surface area contributed by atoms with Crippen molar-refractivity contribution in [2.45, 2.75) is 91.8 Å². The number of benzene rings is 2. The number of halogens is 2. The van der Waals surface area contributed by atoms with Crippen molar-refractivity contribution in [2.75, 3.05) is 7.11 Å². The molecule has 2 aliphatic rings. The van der Waals surface area contributed by atoms with E-state index in [-0.39, 0.29) is 35.0 Å². The molecule has 4 rings (SSSR count). The molecule has 1 aliphatic carbocycles. The third-order valence-corrected chi connectivity index (χ3v) is 8.92. The standard InChI is InChI=1S/C35H44F2O3/c1-22(2)9-8-10-23(3)11-14-27-28(36)18-25(19-29(27)37)13-12-24-17-26-21-31-34(4,5)32(38)15-16-35(31,6)40-33(26)30(20-24)39-7/h9,11-13,17-20,31-32,38H,8,10,14-16,21H2,1-7H3. The molecule has 5 heteroatoms. The van der Waals surface area contributed by atoms with Crippen molar-refractivity contribution in [3.8, 4) is 11.5 Å². The summed E-state index contributed by atoms with van der Waals surface area (Å²) >= 11 is 0. The second-order valence-corrected chi connectivity index (χ2v) is 12.6. The van der Waals surface area contributed by atoms with Gasteiger partial charge in [-0.25, -0.2) is 8.78 Å². The van der Waals surface area contributed by atoms with Gasteiger partial charge in [0.25, 0.3) is 0 Å². The quantitative estimate of drug-likeness (QED) is 0.264. The molecule has 1 N–H and O–H groups in total.